The van der Waals surface area contributed by atoms with Crippen molar-refractivity contribution in [3.8, 4) is 0 Å². The smallest absolute Gasteiger partial charge is 0.240 e. The van der Waals surface area contributed by atoms with E-state index in [0.29, 0.717) is 12.8 Å². The third-order valence-electron chi connectivity index (χ3n) is 4.39. The fourth-order valence-corrected chi connectivity index (χ4v) is 2.65. The highest BCUT2D eigenvalue weighted by molar-refractivity contribution is 6.13. The summed E-state index contributed by atoms with van der Waals surface area (Å²) in [6.45, 7) is 1.87. The molecule has 0 radical (unpaired) electrons. The van der Waals surface area contributed by atoms with Crippen LogP contribution in [0.25, 0.3) is 0 Å². The number of rotatable bonds is 5. The van der Waals surface area contributed by atoms with Crippen LogP contribution in [0, 0.1) is 11.2 Å². The highest BCUT2D eigenvalue weighted by atomic mass is 19.1. The topological polar surface area (TPSA) is 58.2 Å². The molecule has 0 aromatic heterocycles. The summed E-state index contributed by atoms with van der Waals surface area (Å²) < 4.78 is 13.7. The molecule has 1 atom stereocenters. The van der Waals surface area contributed by atoms with Gasteiger partial charge in [0.1, 0.15) is 11.2 Å². The molecule has 5 heteroatoms. The summed E-state index contributed by atoms with van der Waals surface area (Å²) in [5.74, 6) is -1.28. The van der Waals surface area contributed by atoms with Crippen molar-refractivity contribution in [1.82, 2.24) is 5.32 Å². The molecule has 2 aromatic carbocycles. The summed E-state index contributed by atoms with van der Waals surface area (Å²) in [4.78, 5) is 25.0. The Morgan fingerprint density at radius 1 is 1.00 bits per heavy atom. The highest BCUT2D eigenvalue weighted by Crippen LogP contribution is 2.47. The van der Waals surface area contributed by atoms with E-state index >= 15 is 0 Å². The minimum atomic E-state index is -1.09. The Hall–Kier alpha value is -2.69. The van der Waals surface area contributed by atoms with Crippen molar-refractivity contribution >= 4 is 17.5 Å². The Morgan fingerprint density at radius 3 is 2.25 bits per heavy atom. The molecule has 1 saturated carbocycles. The predicted molar refractivity (Wildman–Crippen MR) is 89.7 cm³/mol. The van der Waals surface area contributed by atoms with Gasteiger partial charge in [-0.25, -0.2) is 4.39 Å². The van der Waals surface area contributed by atoms with Crippen LogP contribution in [-0.2, 0) is 9.59 Å². The van der Waals surface area contributed by atoms with Gasteiger partial charge in [-0.15, -0.1) is 0 Å². The first-order chi connectivity index (χ1) is 11.5. The van der Waals surface area contributed by atoms with Crippen molar-refractivity contribution in [2.24, 2.45) is 5.41 Å². The standard InChI is InChI=1S/C19H19FN2O2/c1-13(14-7-3-2-4-8-14)21-17(23)19(11-12-19)18(24)22-16-10-6-5-9-15(16)20/h2-10,13H,11-12H2,1H3,(H,21,23)(H,22,24). The zero-order valence-corrected chi connectivity index (χ0v) is 13.4. The summed E-state index contributed by atoms with van der Waals surface area (Å²) in [5, 5.41) is 5.42. The van der Waals surface area contributed by atoms with E-state index in [1.165, 1.54) is 12.1 Å². The molecule has 1 unspecified atom stereocenters. The van der Waals surface area contributed by atoms with Gasteiger partial charge < -0.3 is 10.6 Å². The Balaban J connectivity index is 1.68. The van der Waals surface area contributed by atoms with E-state index in [2.05, 4.69) is 10.6 Å². The van der Waals surface area contributed by atoms with Gasteiger partial charge in [0.2, 0.25) is 11.8 Å². The van der Waals surface area contributed by atoms with E-state index in [1.54, 1.807) is 12.1 Å². The number of halogens is 1. The normalized spacial score (nSPS) is 16.1. The van der Waals surface area contributed by atoms with Crippen LogP contribution in [0.2, 0.25) is 0 Å². The van der Waals surface area contributed by atoms with E-state index in [4.69, 9.17) is 0 Å². The number of benzene rings is 2. The molecule has 24 heavy (non-hydrogen) atoms. The second-order valence-electron chi connectivity index (χ2n) is 6.12. The molecule has 2 amide bonds. The maximum atomic E-state index is 13.7. The SMILES string of the molecule is CC(NC(=O)C1(C(=O)Nc2ccccc2F)CC1)c1ccccc1. The van der Waals surface area contributed by atoms with E-state index in [-0.39, 0.29) is 17.6 Å². The van der Waals surface area contributed by atoms with Crippen LogP contribution in [0.3, 0.4) is 0 Å². The molecule has 0 heterocycles. The molecule has 1 aliphatic rings. The van der Waals surface area contributed by atoms with Crippen LogP contribution in [0.1, 0.15) is 31.4 Å². The molecule has 3 rings (SSSR count). The fraction of sp³-hybridized carbons (Fsp3) is 0.263. The van der Waals surface area contributed by atoms with Crippen LogP contribution in [-0.4, -0.2) is 11.8 Å². The number of carbonyl (C=O) groups is 2. The summed E-state index contributed by atoms with van der Waals surface area (Å²) in [5.41, 5.74) is -0.0282. The lowest BCUT2D eigenvalue weighted by Gasteiger charge is -2.20. The first-order valence-electron chi connectivity index (χ1n) is 7.95. The molecule has 124 valence electrons. The lowest BCUT2D eigenvalue weighted by atomic mass is 10.0. The number of para-hydroxylation sites is 1. The van der Waals surface area contributed by atoms with Crippen molar-refractivity contribution in [3.05, 3.63) is 66.0 Å². The molecule has 0 bridgehead atoms. The van der Waals surface area contributed by atoms with Gasteiger partial charge in [-0.3, -0.25) is 9.59 Å². The van der Waals surface area contributed by atoms with Gasteiger partial charge in [0.25, 0.3) is 0 Å². The van der Waals surface area contributed by atoms with Crippen LogP contribution in [0.4, 0.5) is 10.1 Å². The van der Waals surface area contributed by atoms with Crippen LogP contribution < -0.4 is 10.6 Å². The van der Waals surface area contributed by atoms with Gasteiger partial charge in [-0.2, -0.15) is 0 Å². The van der Waals surface area contributed by atoms with Crippen molar-refractivity contribution in [2.45, 2.75) is 25.8 Å². The lowest BCUT2D eigenvalue weighted by Crippen LogP contribution is -2.41. The average Bonchev–Trinajstić information content (AvgIpc) is 3.39. The monoisotopic (exact) mass is 326 g/mol. The third kappa shape index (κ3) is 3.15. The number of nitrogens with one attached hydrogen (secondary N) is 2. The van der Waals surface area contributed by atoms with Crippen molar-refractivity contribution < 1.29 is 14.0 Å². The Labute approximate surface area is 140 Å². The predicted octanol–water partition coefficient (Wildman–Crippen LogP) is 3.42. The molecule has 1 fully saturated rings. The Morgan fingerprint density at radius 2 is 1.62 bits per heavy atom. The number of hydrogen-bond acceptors (Lipinski definition) is 2. The minimum Gasteiger partial charge on any atom is -0.349 e. The van der Waals surface area contributed by atoms with Crippen LogP contribution in [0.5, 0.6) is 0 Å². The van der Waals surface area contributed by atoms with Gasteiger partial charge in [-0.05, 0) is 37.5 Å². The molecule has 2 aromatic rings. The molecular weight excluding hydrogens is 307 g/mol. The van der Waals surface area contributed by atoms with Crippen molar-refractivity contribution in [3.63, 3.8) is 0 Å². The van der Waals surface area contributed by atoms with Gasteiger partial charge in [0.05, 0.1) is 11.7 Å². The zero-order valence-electron chi connectivity index (χ0n) is 13.4. The minimum absolute atomic E-state index is 0.0951. The van der Waals surface area contributed by atoms with Crippen molar-refractivity contribution in [2.75, 3.05) is 5.32 Å². The van der Waals surface area contributed by atoms with E-state index in [0.717, 1.165) is 5.56 Å². The number of carbonyl (C=O) groups excluding carboxylic acids is 2. The number of hydrogen-bond donors (Lipinski definition) is 2. The quantitative estimate of drug-likeness (QED) is 0.827. The van der Waals surface area contributed by atoms with Gasteiger partial charge in [-0.1, -0.05) is 42.5 Å². The summed E-state index contributed by atoms with van der Waals surface area (Å²) >= 11 is 0. The van der Waals surface area contributed by atoms with Crippen LogP contribution >= 0.6 is 0 Å². The van der Waals surface area contributed by atoms with Gasteiger partial charge >= 0.3 is 0 Å². The zero-order chi connectivity index (χ0) is 17.2. The number of amides is 2. The molecule has 4 nitrogen and oxygen atoms in total. The first-order valence-corrected chi connectivity index (χ1v) is 7.95. The molecular formula is C19H19FN2O2. The number of anilines is 1. The van der Waals surface area contributed by atoms with Gasteiger partial charge in [0, 0.05) is 0 Å². The first kappa shape index (κ1) is 16.2. The second-order valence-corrected chi connectivity index (χ2v) is 6.12. The highest BCUT2D eigenvalue weighted by Gasteiger charge is 2.56. The molecule has 2 N–H and O–H groups in total. The molecule has 0 saturated heterocycles. The second kappa shape index (κ2) is 6.43. The third-order valence-corrected chi connectivity index (χ3v) is 4.39. The maximum Gasteiger partial charge on any atom is 0.240 e. The molecule has 0 spiro atoms. The fourth-order valence-electron chi connectivity index (χ4n) is 2.65. The summed E-state index contributed by atoms with van der Waals surface area (Å²) in [6, 6.07) is 15.3. The summed E-state index contributed by atoms with van der Waals surface area (Å²) in [6.07, 6.45) is 0.946. The lowest BCUT2D eigenvalue weighted by molar-refractivity contribution is -0.134. The molecule has 1 aliphatic carbocycles. The molecule has 0 aliphatic heterocycles. The Kier molecular flexibility index (Phi) is 4.34. The van der Waals surface area contributed by atoms with Gasteiger partial charge in [0.15, 0.2) is 0 Å². The van der Waals surface area contributed by atoms with E-state index in [1.807, 2.05) is 37.3 Å². The van der Waals surface area contributed by atoms with Crippen molar-refractivity contribution in [1.29, 1.82) is 0 Å². The summed E-state index contributed by atoms with van der Waals surface area (Å²) in [7, 11) is 0. The van der Waals surface area contributed by atoms with Crippen LogP contribution in [0.15, 0.2) is 54.6 Å². The largest absolute Gasteiger partial charge is 0.349 e. The Bertz CT molecular complexity index is 757. The van der Waals surface area contributed by atoms with E-state index < -0.39 is 17.1 Å². The maximum absolute atomic E-state index is 13.7. The average molecular weight is 326 g/mol. The van der Waals surface area contributed by atoms with E-state index in [9.17, 15) is 14.0 Å².